The van der Waals surface area contributed by atoms with Crippen LogP contribution in [0.25, 0.3) is 5.65 Å². The lowest BCUT2D eigenvalue weighted by Crippen LogP contribution is -2.16. The Labute approximate surface area is 173 Å². The summed E-state index contributed by atoms with van der Waals surface area (Å²) in [5, 5.41) is 8.97. The number of imidazole rings is 1. The molecule has 0 aliphatic rings. The largest absolute Gasteiger partial charge is 0.486 e. The monoisotopic (exact) mass is 408 g/mol. The number of hydrogen-bond donors (Lipinski definition) is 1. The van der Waals surface area contributed by atoms with Crippen molar-refractivity contribution >= 4 is 17.4 Å². The fourth-order valence-electron chi connectivity index (χ4n) is 2.90. The molecule has 2 N–H and O–H groups in total. The number of thioether (sulfide) groups is 1. The minimum atomic E-state index is 0.114. The molecular weight excluding hydrogens is 384 g/mol. The number of nitrogens with zero attached hydrogens (tertiary/aromatic N) is 5. The molecule has 0 aliphatic heterocycles. The van der Waals surface area contributed by atoms with Gasteiger partial charge in [-0.1, -0.05) is 50.7 Å². The SMILES string of the molecule is CC(C)(C)c1ccc(OCc2nnc(SCc3cn4ccccc4n3)n2N)cc1. The van der Waals surface area contributed by atoms with Gasteiger partial charge in [0.15, 0.2) is 5.82 Å². The summed E-state index contributed by atoms with van der Waals surface area (Å²) in [6, 6.07) is 14.0. The summed E-state index contributed by atoms with van der Waals surface area (Å²) in [7, 11) is 0. The summed E-state index contributed by atoms with van der Waals surface area (Å²) in [5.41, 5.74) is 3.26. The molecular formula is C21H24N6OS. The van der Waals surface area contributed by atoms with E-state index >= 15 is 0 Å². The van der Waals surface area contributed by atoms with E-state index in [2.05, 4.69) is 48.1 Å². The first kappa shape index (κ1) is 19.3. The molecule has 0 radical (unpaired) electrons. The van der Waals surface area contributed by atoms with Crippen molar-refractivity contribution in [2.24, 2.45) is 0 Å². The number of hydrogen-bond acceptors (Lipinski definition) is 6. The molecule has 0 spiro atoms. The Morgan fingerprint density at radius 3 is 2.59 bits per heavy atom. The van der Waals surface area contributed by atoms with Gasteiger partial charge < -0.3 is 15.0 Å². The molecule has 7 nitrogen and oxygen atoms in total. The molecule has 150 valence electrons. The molecule has 4 aromatic rings. The van der Waals surface area contributed by atoms with Gasteiger partial charge >= 0.3 is 0 Å². The van der Waals surface area contributed by atoms with E-state index in [1.807, 2.05) is 47.1 Å². The highest BCUT2D eigenvalue weighted by Gasteiger charge is 2.14. The summed E-state index contributed by atoms with van der Waals surface area (Å²) in [6.07, 6.45) is 3.98. The van der Waals surface area contributed by atoms with E-state index in [9.17, 15) is 0 Å². The quantitative estimate of drug-likeness (QED) is 0.386. The van der Waals surface area contributed by atoms with Crippen molar-refractivity contribution in [1.82, 2.24) is 24.3 Å². The molecule has 0 amide bonds. The van der Waals surface area contributed by atoms with Crippen LogP contribution < -0.4 is 10.6 Å². The van der Waals surface area contributed by atoms with Crippen LogP contribution in [-0.2, 0) is 17.8 Å². The van der Waals surface area contributed by atoms with Crippen LogP contribution in [0.4, 0.5) is 0 Å². The predicted octanol–water partition coefficient (Wildman–Crippen LogP) is 3.81. The molecule has 0 fully saturated rings. The molecule has 8 heteroatoms. The zero-order valence-electron chi connectivity index (χ0n) is 16.7. The maximum Gasteiger partial charge on any atom is 0.210 e. The minimum Gasteiger partial charge on any atom is -0.486 e. The van der Waals surface area contributed by atoms with Crippen LogP contribution in [0.1, 0.15) is 37.9 Å². The third-order valence-corrected chi connectivity index (χ3v) is 5.56. The van der Waals surface area contributed by atoms with E-state index in [-0.39, 0.29) is 12.0 Å². The van der Waals surface area contributed by atoms with Crippen molar-refractivity contribution in [2.75, 3.05) is 5.84 Å². The molecule has 0 saturated carbocycles. The fraction of sp³-hybridized carbons (Fsp3) is 0.286. The number of nitrogens with two attached hydrogens (primary N) is 1. The Bertz CT molecular complexity index is 1080. The Morgan fingerprint density at radius 2 is 1.86 bits per heavy atom. The molecule has 1 aromatic carbocycles. The van der Waals surface area contributed by atoms with Gasteiger partial charge in [0.25, 0.3) is 0 Å². The second-order valence-electron chi connectivity index (χ2n) is 7.82. The van der Waals surface area contributed by atoms with Crippen LogP contribution >= 0.6 is 11.8 Å². The number of benzene rings is 1. The third-order valence-electron chi connectivity index (χ3n) is 4.59. The third kappa shape index (κ3) is 4.37. The first-order chi connectivity index (χ1) is 13.9. The number of fused-ring (bicyclic) bond motifs is 1. The van der Waals surface area contributed by atoms with Crippen LogP contribution in [0.3, 0.4) is 0 Å². The van der Waals surface area contributed by atoms with E-state index < -0.39 is 0 Å². The second kappa shape index (κ2) is 7.79. The van der Waals surface area contributed by atoms with Crippen LogP contribution in [0.15, 0.2) is 60.0 Å². The molecule has 29 heavy (non-hydrogen) atoms. The van der Waals surface area contributed by atoms with Gasteiger partial charge in [-0.2, -0.15) is 0 Å². The van der Waals surface area contributed by atoms with E-state index in [0.717, 1.165) is 17.1 Å². The number of pyridine rings is 1. The van der Waals surface area contributed by atoms with Gasteiger partial charge in [0, 0.05) is 18.1 Å². The molecule has 0 saturated heterocycles. The van der Waals surface area contributed by atoms with Gasteiger partial charge in [0.05, 0.1) is 5.69 Å². The first-order valence-electron chi connectivity index (χ1n) is 9.38. The number of nitrogen functional groups attached to an aromatic ring is 1. The fourth-order valence-corrected chi connectivity index (χ4v) is 3.66. The Morgan fingerprint density at radius 1 is 1.07 bits per heavy atom. The molecule has 0 unspecified atom stereocenters. The highest BCUT2D eigenvalue weighted by molar-refractivity contribution is 7.98. The molecule has 0 bridgehead atoms. The van der Waals surface area contributed by atoms with Gasteiger partial charge in [-0.05, 0) is 35.2 Å². The summed E-state index contributed by atoms with van der Waals surface area (Å²) in [4.78, 5) is 4.58. The number of aromatic nitrogens is 5. The van der Waals surface area contributed by atoms with E-state index in [1.165, 1.54) is 22.0 Å². The predicted molar refractivity (Wildman–Crippen MR) is 114 cm³/mol. The molecule has 0 atom stereocenters. The maximum absolute atomic E-state index is 6.15. The summed E-state index contributed by atoms with van der Waals surface area (Å²) in [6.45, 7) is 6.81. The number of ether oxygens (including phenoxy) is 1. The Kier molecular flexibility index (Phi) is 5.19. The molecule has 3 aromatic heterocycles. The first-order valence-corrected chi connectivity index (χ1v) is 10.4. The van der Waals surface area contributed by atoms with Gasteiger partial charge in [-0.25, -0.2) is 9.66 Å². The molecule has 0 aliphatic carbocycles. The van der Waals surface area contributed by atoms with Gasteiger partial charge in [-0.3, -0.25) is 0 Å². The van der Waals surface area contributed by atoms with E-state index in [1.54, 1.807) is 0 Å². The average molecular weight is 409 g/mol. The highest BCUT2D eigenvalue weighted by atomic mass is 32.2. The van der Waals surface area contributed by atoms with Crippen LogP contribution in [0, 0.1) is 0 Å². The van der Waals surface area contributed by atoms with Crippen LogP contribution in [0.5, 0.6) is 5.75 Å². The van der Waals surface area contributed by atoms with Crippen molar-refractivity contribution in [1.29, 1.82) is 0 Å². The Balaban J connectivity index is 1.36. The van der Waals surface area contributed by atoms with Crippen molar-refractivity contribution in [2.45, 2.75) is 43.7 Å². The summed E-state index contributed by atoms with van der Waals surface area (Å²) >= 11 is 1.50. The Hall–Kier alpha value is -3.00. The van der Waals surface area contributed by atoms with Crippen molar-refractivity contribution in [3.63, 3.8) is 0 Å². The highest BCUT2D eigenvalue weighted by Crippen LogP contribution is 2.25. The zero-order chi connectivity index (χ0) is 20.4. The lowest BCUT2D eigenvalue weighted by Gasteiger charge is -2.19. The topological polar surface area (TPSA) is 83.3 Å². The molecule has 4 rings (SSSR count). The van der Waals surface area contributed by atoms with Crippen LogP contribution in [-0.4, -0.2) is 24.3 Å². The van der Waals surface area contributed by atoms with E-state index in [0.29, 0.717) is 16.7 Å². The minimum absolute atomic E-state index is 0.114. The summed E-state index contributed by atoms with van der Waals surface area (Å²) in [5.74, 6) is 8.16. The normalized spacial score (nSPS) is 11.8. The van der Waals surface area contributed by atoms with Crippen molar-refractivity contribution < 1.29 is 4.74 Å². The standard InChI is InChI=1S/C21H24N6OS/c1-21(2,3)15-7-9-17(10-8-15)28-13-19-24-25-20(27(19)22)29-14-16-12-26-11-5-4-6-18(26)23-16/h4-12H,13-14,22H2,1-3H3. The lowest BCUT2D eigenvalue weighted by molar-refractivity contribution is 0.291. The van der Waals surface area contributed by atoms with E-state index in [4.69, 9.17) is 10.6 Å². The maximum atomic E-state index is 6.15. The van der Waals surface area contributed by atoms with Crippen LogP contribution in [0.2, 0.25) is 0 Å². The van der Waals surface area contributed by atoms with Crippen molar-refractivity contribution in [3.05, 3.63) is 71.9 Å². The zero-order valence-corrected chi connectivity index (χ0v) is 17.6. The molecule has 3 heterocycles. The average Bonchev–Trinajstić information content (AvgIpc) is 3.27. The lowest BCUT2D eigenvalue weighted by atomic mass is 9.87. The summed E-state index contributed by atoms with van der Waals surface area (Å²) < 4.78 is 9.30. The van der Waals surface area contributed by atoms with Crippen molar-refractivity contribution in [3.8, 4) is 5.75 Å². The number of rotatable bonds is 6. The smallest absolute Gasteiger partial charge is 0.210 e. The van der Waals surface area contributed by atoms with Gasteiger partial charge in [0.1, 0.15) is 18.0 Å². The second-order valence-corrected chi connectivity index (χ2v) is 8.76. The van der Waals surface area contributed by atoms with Gasteiger partial charge in [-0.15, -0.1) is 10.2 Å². The van der Waals surface area contributed by atoms with Gasteiger partial charge in [0.2, 0.25) is 5.16 Å².